The number of anilines is 1. The van der Waals surface area contributed by atoms with Gasteiger partial charge in [-0.2, -0.15) is 0 Å². The highest BCUT2D eigenvalue weighted by molar-refractivity contribution is 7.91. The fourth-order valence-electron chi connectivity index (χ4n) is 6.64. The Morgan fingerprint density at radius 3 is 2.15 bits per heavy atom. The van der Waals surface area contributed by atoms with Crippen LogP contribution in [-0.2, 0) is 41.9 Å². The molecule has 0 bridgehead atoms. The Hall–Kier alpha value is -5.19. The molecular weight excluding hydrogens is 731 g/mol. The van der Waals surface area contributed by atoms with Gasteiger partial charge in [-0.25, -0.2) is 13.2 Å². The third-order valence-electron chi connectivity index (χ3n) is 9.27. The van der Waals surface area contributed by atoms with Crippen LogP contribution in [0.15, 0.2) is 71.6 Å². The van der Waals surface area contributed by atoms with Gasteiger partial charge in [0.25, 0.3) is 0 Å². The van der Waals surface area contributed by atoms with E-state index in [0.717, 1.165) is 23.1 Å². The monoisotopic (exact) mass is 781 g/mol. The van der Waals surface area contributed by atoms with Crippen molar-refractivity contribution >= 4 is 39.3 Å². The third kappa shape index (κ3) is 13.6. The van der Waals surface area contributed by atoms with E-state index < -0.39 is 50.7 Å². The molecule has 3 atom stereocenters. The van der Waals surface area contributed by atoms with E-state index in [2.05, 4.69) is 10.6 Å². The molecule has 0 aromatic heterocycles. The van der Waals surface area contributed by atoms with Crippen LogP contribution in [-0.4, -0.2) is 89.3 Å². The molecule has 4 rings (SSSR count). The van der Waals surface area contributed by atoms with E-state index in [1.54, 1.807) is 13.8 Å². The van der Waals surface area contributed by atoms with E-state index >= 15 is 0 Å². The minimum atomic E-state index is -4.03. The summed E-state index contributed by atoms with van der Waals surface area (Å²) in [4.78, 5) is 59.6. The predicted molar refractivity (Wildman–Crippen MR) is 207 cm³/mol. The number of nitrogens with two attached hydrogens (primary N) is 1. The molecule has 1 fully saturated rings. The third-order valence-corrected chi connectivity index (χ3v) is 11.1. The summed E-state index contributed by atoms with van der Waals surface area (Å²) >= 11 is 0. The number of hydrogen-bond acceptors (Lipinski definition) is 10. The number of unbranched alkanes of at least 4 members (excludes halogenated alkanes) is 1. The summed E-state index contributed by atoms with van der Waals surface area (Å²) in [6.45, 7) is 5.89. The van der Waals surface area contributed by atoms with E-state index in [0.29, 0.717) is 68.4 Å². The standard InChI is InChI=1S/C21H31N3O5.C18H20N2O5S/c22-13-5-4-9-16(19(25)24-14-6-10-18(24)21(28)29)23-17(20(26)27)12-11-15-7-2-1-3-8-15;1-12-6-4-5-7-15(12)10-17(21)19-16-8-13(2)18(14(3)9-16)26(24,25)11-20(22)23/h1-3,7-8,16-18,23H,4-6,9-14,22H2,(H,26,27)(H,28,29);4-9H,10-11H2,1-3H3,(H,19,21)/t16-,17-,18-;/m0./s1. The van der Waals surface area contributed by atoms with Crippen LogP contribution in [0, 0.1) is 30.9 Å². The van der Waals surface area contributed by atoms with Crippen molar-refractivity contribution in [1.82, 2.24) is 10.2 Å². The number of carbonyl (C=O) groups is 4. The van der Waals surface area contributed by atoms with Crippen molar-refractivity contribution in [3.05, 3.63) is 105 Å². The van der Waals surface area contributed by atoms with Gasteiger partial charge < -0.3 is 26.2 Å². The first kappa shape index (κ1) is 44.2. The Bertz CT molecular complexity index is 1900. The van der Waals surface area contributed by atoms with Gasteiger partial charge in [0.1, 0.15) is 12.1 Å². The first-order valence-corrected chi connectivity index (χ1v) is 19.8. The maximum Gasteiger partial charge on any atom is 0.326 e. The molecule has 0 spiro atoms. The number of carbonyl (C=O) groups excluding carboxylic acids is 2. The molecule has 0 unspecified atom stereocenters. The number of carboxylic acids is 2. The second-order valence-electron chi connectivity index (χ2n) is 13.6. The van der Waals surface area contributed by atoms with Gasteiger partial charge in [-0.3, -0.25) is 29.8 Å². The van der Waals surface area contributed by atoms with E-state index in [1.807, 2.05) is 61.5 Å². The molecule has 16 heteroatoms. The Labute approximate surface area is 321 Å². The second-order valence-corrected chi connectivity index (χ2v) is 15.5. The highest BCUT2D eigenvalue weighted by Gasteiger charge is 2.38. The number of carboxylic acid groups (broad SMARTS) is 2. The van der Waals surface area contributed by atoms with Gasteiger partial charge in [0.2, 0.25) is 21.7 Å². The van der Waals surface area contributed by atoms with Crippen molar-refractivity contribution < 1.29 is 42.7 Å². The molecule has 2 amide bonds. The van der Waals surface area contributed by atoms with Gasteiger partial charge in [0.05, 0.1) is 17.4 Å². The van der Waals surface area contributed by atoms with Crippen LogP contribution in [0.1, 0.15) is 66.3 Å². The zero-order chi connectivity index (χ0) is 40.7. The smallest absolute Gasteiger partial charge is 0.326 e. The van der Waals surface area contributed by atoms with Gasteiger partial charge in [-0.1, -0.05) is 61.0 Å². The van der Waals surface area contributed by atoms with Crippen molar-refractivity contribution in [1.29, 1.82) is 0 Å². The van der Waals surface area contributed by atoms with Gasteiger partial charge in [0, 0.05) is 17.2 Å². The lowest BCUT2D eigenvalue weighted by molar-refractivity contribution is -0.458. The van der Waals surface area contributed by atoms with Gasteiger partial charge in [-0.15, -0.1) is 0 Å². The van der Waals surface area contributed by atoms with Crippen LogP contribution >= 0.6 is 0 Å². The minimum Gasteiger partial charge on any atom is -0.480 e. The van der Waals surface area contributed by atoms with Crippen molar-refractivity contribution in [2.45, 2.75) is 95.2 Å². The van der Waals surface area contributed by atoms with Crippen molar-refractivity contribution in [2.75, 3.05) is 24.3 Å². The maximum absolute atomic E-state index is 13.1. The molecule has 15 nitrogen and oxygen atoms in total. The fraction of sp³-hybridized carbons (Fsp3) is 0.436. The molecule has 0 saturated carbocycles. The summed E-state index contributed by atoms with van der Waals surface area (Å²) in [7, 11) is -4.03. The highest BCUT2D eigenvalue weighted by atomic mass is 32.2. The average molecular weight is 782 g/mol. The first-order chi connectivity index (χ1) is 26.0. The van der Waals surface area contributed by atoms with Gasteiger partial charge in [-0.05, 0) is 106 Å². The van der Waals surface area contributed by atoms with Crippen LogP contribution < -0.4 is 16.4 Å². The molecule has 55 heavy (non-hydrogen) atoms. The average Bonchev–Trinajstić information content (AvgIpc) is 3.60. The van der Waals surface area contributed by atoms with Crippen molar-refractivity contribution in [3.63, 3.8) is 0 Å². The van der Waals surface area contributed by atoms with E-state index in [1.165, 1.54) is 17.0 Å². The zero-order valence-electron chi connectivity index (χ0n) is 31.4. The highest BCUT2D eigenvalue weighted by Crippen LogP contribution is 2.26. The van der Waals surface area contributed by atoms with Gasteiger partial charge >= 0.3 is 17.8 Å². The molecule has 6 N–H and O–H groups in total. The number of sulfone groups is 1. The van der Waals surface area contributed by atoms with Crippen LogP contribution in [0.4, 0.5) is 5.69 Å². The number of benzene rings is 3. The lowest BCUT2D eigenvalue weighted by Gasteiger charge is -2.29. The molecule has 0 aliphatic carbocycles. The summed E-state index contributed by atoms with van der Waals surface area (Å²) in [6.07, 6.45) is 3.96. The maximum atomic E-state index is 13.1. The lowest BCUT2D eigenvalue weighted by atomic mass is 10.0. The largest absolute Gasteiger partial charge is 0.480 e. The zero-order valence-corrected chi connectivity index (χ0v) is 32.2. The quantitative estimate of drug-likeness (QED) is 0.0699. The normalized spacial score (nSPS) is 15.0. The Balaban J connectivity index is 0.000000297. The van der Waals surface area contributed by atoms with Gasteiger partial charge in [0.15, 0.2) is 0 Å². The van der Waals surface area contributed by atoms with Crippen LogP contribution in [0.3, 0.4) is 0 Å². The number of amides is 2. The number of nitrogens with one attached hydrogen (secondary N) is 2. The molecular formula is C39H51N5O10S. The van der Waals surface area contributed by atoms with Crippen molar-refractivity contribution in [2.24, 2.45) is 5.73 Å². The Kier molecular flexibility index (Phi) is 16.9. The molecule has 298 valence electrons. The number of nitro groups is 1. The topological polar surface area (TPSA) is 239 Å². The van der Waals surface area contributed by atoms with Crippen molar-refractivity contribution in [3.8, 4) is 0 Å². The Morgan fingerprint density at radius 1 is 0.927 bits per heavy atom. The molecule has 0 radical (unpaired) electrons. The number of aliphatic carboxylic acids is 2. The number of likely N-dealkylation sites (tertiary alicyclic amines) is 1. The predicted octanol–water partition coefficient (Wildman–Crippen LogP) is 4.04. The summed E-state index contributed by atoms with van der Waals surface area (Å²) in [5.41, 5.74) is 9.67. The molecule has 1 aliphatic heterocycles. The number of nitrogens with zero attached hydrogens (tertiary/aromatic N) is 2. The van der Waals surface area contributed by atoms with Crippen LogP contribution in [0.25, 0.3) is 0 Å². The molecule has 1 saturated heterocycles. The first-order valence-electron chi connectivity index (χ1n) is 18.1. The van der Waals surface area contributed by atoms with Crippen LogP contribution in [0.2, 0.25) is 0 Å². The number of rotatable bonds is 18. The summed E-state index contributed by atoms with van der Waals surface area (Å²) < 4.78 is 24.3. The second kappa shape index (κ2) is 21.0. The molecule has 3 aromatic rings. The number of hydrogen-bond donors (Lipinski definition) is 5. The van der Waals surface area contributed by atoms with E-state index in [9.17, 15) is 47.9 Å². The molecule has 1 heterocycles. The SMILES string of the molecule is Cc1ccccc1CC(=O)Nc1cc(C)c(S(=O)(=O)C[N+](=O)[O-])c(C)c1.NCCCC[C@H](N[C@@H](CCc1ccccc1)C(=O)O)C(=O)N1CCC[C@H]1C(=O)O. The summed E-state index contributed by atoms with van der Waals surface area (Å²) in [6, 6.07) is 17.7. The minimum absolute atomic E-state index is 0.0638. The van der Waals surface area contributed by atoms with Crippen LogP contribution in [0.5, 0.6) is 0 Å². The number of aryl methyl sites for hydroxylation is 4. The summed E-state index contributed by atoms with van der Waals surface area (Å²) in [5, 5.41) is 35.4. The lowest BCUT2D eigenvalue weighted by Crippen LogP contribution is -2.54. The molecule has 1 aliphatic rings. The summed E-state index contributed by atoms with van der Waals surface area (Å²) in [5.74, 6) is -3.76. The Morgan fingerprint density at radius 2 is 1.56 bits per heavy atom. The molecule has 3 aromatic carbocycles. The fourth-order valence-corrected chi connectivity index (χ4v) is 8.14. The van der Waals surface area contributed by atoms with E-state index in [-0.39, 0.29) is 23.1 Å². The van der Waals surface area contributed by atoms with E-state index in [4.69, 9.17) is 5.73 Å².